The molecule has 108 valence electrons. The molecular weight excluding hydrogens is 262 g/mol. The van der Waals surface area contributed by atoms with Crippen molar-refractivity contribution >= 4 is 11.6 Å². The Kier molecular flexibility index (Phi) is 5.64. The molecule has 0 aliphatic heterocycles. The smallest absolute Gasteiger partial charge is 0.266 e. The predicted molar refractivity (Wildman–Crippen MR) is 84.2 cm³/mol. The Labute approximate surface area is 124 Å². The van der Waals surface area contributed by atoms with Gasteiger partial charge in [0.25, 0.3) is 5.91 Å². The summed E-state index contributed by atoms with van der Waals surface area (Å²) in [6.07, 6.45) is 4.55. The minimum atomic E-state index is -0.291. The summed E-state index contributed by atoms with van der Waals surface area (Å²) >= 11 is 0. The normalized spacial score (nSPS) is 11.2. The number of nitrogens with zero attached hydrogens (tertiary/aromatic N) is 2. The van der Waals surface area contributed by atoms with Crippen molar-refractivity contribution in [2.75, 3.05) is 0 Å². The lowest BCUT2D eigenvalue weighted by Gasteiger charge is -2.07. The van der Waals surface area contributed by atoms with E-state index in [1.165, 1.54) is 0 Å². The molecule has 0 fully saturated rings. The zero-order chi connectivity index (χ0) is 14.9. The lowest BCUT2D eigenvalue weighted by Crippen LogP contribution is -2.21. The summed E-state index contributed by atoms with van der Waals surface area (Å²) in [5.74, 6) is -0.291. The second-order valence-corrected chi connectivity index (χ2v) is 4.68. The first-order valence-corrected chi connectivity index (χ1v) is 7.14. The van der Waals surface area contributed by atoms with Crippen LogP contribution in [-0.2, 0) is 0 Å². The average molecular weight is 281 g/mol. The molecule has 1 N–H and O–H groups in total. The van der Waals surface area contributed by atoms with Crippen LogP contribution in [0.3, 0.4) is 0 Å². The molecule has 0 saturated carbocycles. The lowest BCUT2D eigenvalue weighted by atomic mass is 10.1. The van der Waals surface area contributed by atoms with Crippen LogP contribution in [0.2, 0.25) is 0 Å². The highest BCUT2D eigenvalue weighted by Crippen LogP contribution is 2.08. The van der Waals surface area contributed by atoms with Gasteiger partial charge in [0.2, 0.25) is 0 Å². The molecule has 4 nitrogen and oxygen atoms in total. The largest absolute Gasteiger partial charge is 0.289 e. The first kappa shape index (κ1) is 14.9. The number of rotatable bonds is 6. The summed E-state index contributed by atoms with van der Waals surface area (Å²) in [4.78, 5) is 16.0. The SMILES string of the molecule is CCCCC(=NNC(=O)c1ccccn1)c1ccccc1. The minimum absolute atomic E-state index is 0.291. The highest BCUT2D eigenvalue weighted by molar-refractivity contribution is 6.01. The van der Waals surface area contributed by atoms with Crippen molar-refractivity contribution in [3.8, 4) is 0 Å². The third-order valence-electron chi connectivity index (χ3n) is 3.06. The number of hydrogen-bond donors (Lipinski definition) is 1. The molecule has 0 aliphatic carbocycles. The highest BCUT2D eigenvalue weighted by atomic mass is 16.2. The summed E-state index contributed by atoms with van der Waals surface area (Å²) in [6.45, 7) is 2.13. The van der Waals surface area contributed by atoms with Gasteiger partial charge in [0.05, 0.1) is 5.71 Å². The molecule has 1 aromatic heterocycles. The van der Waals surface area contributed by atoms with E-state index in [1.54, 1.807) is 24.4 Å². The van der Waals surface area contributed by atoms with Crippen molar-refractivity contribution in [3.63, 3.8) is 0 Å². The number of hydrazone groups is 1. The van der Waals surface area contributed by atoms with Crippen molar-refractivity contribution in [1.29, 1.82) is 0 Å². The van der Waals surface area contributed by atoms with Gasteiger partial charge in [0, 0.05) is 6.20 Å². The van der Waals surface area contributed by atoms with E-state index in [9.17, 15) is 4.79 Å². The third-order valence-corrected chi connectivity index (χ3v) is 3.06. The van der Waals surface area contributed by atoms with Crippen LogP contribution in [0, 0.1) is 0 Å². The molecular formula is C17H19N3O. The van der Waals surface area contributed by atoms with Gasteiger partial charge in [0.15, 0.2) is 0 Å². The summed E-state index contributed by atoms with van der Waals surface area (Å²) < 4.78 is 0. The first-order valence-electron chi connectivity index (χ1n) is 7.14. The van der Waals surface area contributed by atoms with Gasteiger partial charge in [0.1, 0.15) is 5.69 Å². The fraction of sp³-hybridized carbons (Fsp3) is 0.235. The topological polar surface area (TPSA) is 54.4 Å². The summed E-state index contributed by atoms with van der Waals surface area (Å²) in [7, 11) is 0. The molecule has 1 aromatic carbocycles. The van der Waals surface area contributed by atoms with Crippen LogP contribution in [0.15, 0.2) is 59.8 Å². The Bertz CT molecular complexity index is 594. The van der Waals surface area contributed by atoms with E-state index in [-0.39, 0.29) is 5.91 Å². The number of carbonyl (C=O) groups is 1. The van der Waals surface area contributed by atoms with Crippen LogP contribution in [0.5, 0.6) is 0 Å². The van der Waals surface area contributed by atoms with Crippen molar-refractivity contribution in [2.45, 2.75) is 26.2 Å². The van der Waals surface area contributed by atoms with Crippen molar-refractivity contribution < 1.29 is 4.79 Å². The predicted octanol–water partition coefficient (Wildman–Crippen LogP) is 3.41. The molecule has 1 heterocycles. The number of benzene rings is 1. The van der Waals surface area contributed by atoms with Crippen LogP contribution in [0.25, 0.3) is 0 Å². The molecule has 4 heteroatoms. The molecule has 2 aromatic rings. The van der Waals surface area contributed by atoms with Gasteiger partial charge in [-0.3, -0.25) is 9.78 Å². The molecule has 0 atom stereocenters. The number of pyridine rings is 1. The number of nitrogens with one attached hydrogen (secondary N) is 1. The number of carbonyl (C=O) groups excluding carboxylic acids is 1. The molecule has 21 heavy (non-hydrogen) atoms. The molecule has 2 rings (SSSR count). The fourth-order valence-corrected chi connectivity index (χ4v) is 1.91. The summed E-state index contributed by atoms with van der Waals surface area (Å²) in [5, 5.41) is 4.28. The fourth-order valence-electron chi connectivity index (χ4n) is 1.91. The van der Waals surface area contributed by atoms with E-state index >= 15 is 0 Å². The van der Waals surface area contributed by atoms with Crippen LogP contribution in [-0.4, -0.2) is 16.6 Å². The Morgan fingerprint density at radius 3 is 2.57 bits per heavy atom. The third kappa shape index (κ3) is 4.53. The number of aromatic nitrogens is 1. The maximum absolute atomic E-state index is 12.0. The van der Waals surface area contributed by atoms with Gasteiger partial charge < -0.3 is 0 Å². The van der Waals surface area contributed by atoms with E-state index < -0.39 is 0 Å². The second kappa shape index (κ2) is 7.94. The molecule has 0 aliphatic rings. The van der Waals surface area contributed by atoms with Gasteiger partial charge >= 0.3 is 0 Å². The van der Waals surface area contributed by atoms with Crippen LogP contribution in [0.1, 0.15) is 42.2 Å². The van der Waals surface area contributed by atoms with E-state index in [4.69, 9.17) is 0 Å². The average Bonchev–Trinajstić information content (AvgIpc) is 2.56. The molecule has 1 amide bonds. The quantitative estimate of drug-likeness (QED) is 0.651. The Balaban J connectivity index is 2.11. The maximum Gasteiger partial charge on any atom is 0.289 e. The molecule has 0 spiro atoms. The van der Waals surface area contributed by atoms with Gasteiger partial charge in [-0.1, -0.05) is 49.7 Å². The number of unbranched alkanes of at least 4 members (excludes halogenated alkanes) is 1. The summed E-state index contributed by atoms with van der Waals surface area (Å²) in [5.41, 5.74) is 4.88. The van der Waals surface area contributed by atoms with Gasteiger partial charge in [-0.25, -0.2) is 5.43 Å². The Morgan fingerprint density at radius 2 is 1.90 bits per heavy atom. The minimum Gasteiger partial charge on any atom is -0.266 e. The van der Waals surface area contributed by atoms with Crippen LogP contribution >= 0.6 is 0 Å². The van der Waals surface area contributed by atoms with Gasteiger partial charge in [-0.2, -0.15) is 5.10 Å². The van der Waals surface area contributed by atoms with Crippen molar-refractivity contribution in [2.24, 2.45) is 5.10 Å². The summed E-state index contributed by atoms with van der Waals surface area (Å²) in [6, 6.07) is 15.1. The van der Waals surface area contributed by atoms with Crippen molar-refractivity contribution in [1.82, 2.24) is 10.4 Å². The molecule has 0 saturated heterocycles. The van der Waals surface area contributed by atoms with Crippen LogP contribution < -0.4 is 5.43 Å². The van der Waals surface area contributed by atoms with Gasteiger partial charge in [-0.05, 0) is 30.5 Å². The van der Waals surface area contributed by atoms with Crippen LogP contribution in [0.4, 0.5) is 0 Å². The first-order chi connectivity index (χ1) is 10.3. The molecule has 0 unspecified atom stereocenters. The zero-order valence-electron chi connectivity index (χ0n) is 12.1. The second-order valence-electron chi connectivity index (χ2n) is 4.68. The number of hydrogen-bond acceptors (Lipinski definition) is 3. The van der Waals surface area contributed by atoms with Crippen molar-refractivity contribution in [3.05, 3.63) is 66.0 Å². The van der Waals surface area contributed by atoms with Gasteiger partial charge in [-0.15, -0.1) is 0 Å². The monoisotopic (exact) mass is 281 g/mol. The molecule has 0 radical (unpaired) electrons. The standard InChI is InChI=1S/C17H19N3O/c1-2-3-11-15(14-9-5-4-6-10-14)19-20-17(21)16-12-7-8-13-18-16/h4-10,12-13H,2-3,11H2,1H3,(H,20,21). The van der Waals surface area contributed by atoms with E-state index in [0.717, 1.165) is 30.5 Å². The van der Waals surface area contributed by atoms with E-state index in [0.29, 0.717) is 5.69 Å². The lowest BCUT2D eigenvalue weighted by molar-refractivity contribution is 0.0950. The van der Waals surface area contributed by atoms with E-state index in [1.807, 2.05) is 30.3 Å². The van der Waals surface area contributed by atoms with E-state index in [2.05, 4.69) is 22.4 Å². The zero-order valence-corrected chi connectivity index (χ0v) is 12.1. The maximum atomic E-state index is 12.0. The Hall–Kier alpha value is -2.49. The molecule has 0 bridgehead atoms. The highest BCUT2D eigenvalue weighted by Gasteiger charge is 2.07. The number of amides is 1. The Morgan fingerprint density at radius 1 is 1.14 bits per heavy atom.